The van der Waals surface area contributed by atoms with Crippen molar-refractivity contribution in [3.63, 3.8) is 0 Å². The van der Waals surface area contributed by atoms with E-state index in [2.05, 4.69) is 24.4 Å². The van der Waals surface area contributed by atoms with Crippen LogP contribution in [0.2, 0.25) is 0 Å². The van der Waals surface area contributed by atoms with Crippen molar-refractivity contribution in [1.29, 1.82) is 0 Å². The lowest BCUT2D eigenvalue weighted by atomic mass is 10.1. The molecule has 0 aromatic heterocycles. The summed E-state index contributed by atoms with van der Waals surface area (Å²) in [5, 5.41) is 12.9. The molecular formula is C16H25NO3. The zero-order valence-corrected chi connectivity index (χ0v) is 12.6. The summed E-state index contributed by atoms with van der Waals surface area (Å²) in [5.41, 5.74) is 2.32. The Morgan fingerprint density at radius 1 is 1.50 bits per heavy atom. The van der Waals surface area contributed by atoms with Crippen molar-refractivity contribution in [3.8, 4) is 11.5 Å². The molecule has 0 aliphatic carbocycles. The second-order valence-corrected chi connectivity index (χ2v) is 5.43. The van der Waals surface area contributed by atoms with Gasteiger partial charge in [-0.15, -0.1) is 0 Å². The van der Waals surface area contributed by atoms with Gasteiger partial charge in [0.05, 0.1) is 13.2 Å². The SMILES string of the molecule is CCC(O)CCNCc1cc2c(cc1OC)CC(C)O2. The van der Waals surface area contributed by atoms with Gasteiger partial charge < -0.3 is 19.9 Å². The summed E-state index contributed by atoms with van der Waals surface area (Å²) < 4.78 is 11.2. The standard InChI is InChI=1S/C16H25NO3/c1-4-14(18)5-6-17-10-13-9-16-12(7-11(2)20-16)8-15(13)19-3/h8-9,11,14,17-18H,4-7,10H2,1-3H3. The lowest BCUT2D eigenvalue weighted by Crippen LogP contribution is -2.20. The van der Waals surface area contributed by atoms with E-state index in [1.807, 2.05) is 6.92 Å². The lowest BCUT2D eigenvalue weighted by Gasteiger charge is -2.13. The maximum atomic E-state index is 9.53. The molecule has 1 aromatic rings. The number of fused-ring (bicyclic) bond motifs is 1. The van der Waals surface area contributed by atoms with Crippen molar-refractivity contribution in [2.24, 2.45) is 0 Å². The lowest BCUT2D eigenvalue weighted by molar-refractivity contribution is 0.159. The molecule has 0 radical (unpaired) electrons. The van der Waals surface area contributed by atoms with Crippen LogP contribution in [-0.4, -0.2) is 31.0 Å². The Morgan fingerprint density at radius 2 is 2.30 bits per heavy atom. The normalized spacial score (nSPS) is 18.5. The molecule has 0 fully saturated rings. The van der Waals surface area contributed by atoms with Crippen molar-refractivity contribution >= 4 is 0 Å². The number of aliphatic hydroxyl groups is 1. The first-order valence-corrected chi connectivity index (χ1v) is 7.39. The Bertz CT molecular complexity index is 448. The number of rotatable bonds is 7. The summed E-state index contributed by atoms with van der Waals surface area (Å²) >= 11 is 0. The smallest absolute Gasteiger partial charge is 0.123 e. The van der Waals surface area contributed by atoms with Crippen molar-refractivity contribution in [1.82, 2.24) is 5.32 Å². The van der Waals surface area contributed by atoms with Crippen LogP contribution in [0.5, 0.6) is 11.5 Å². The number of ether oxygens (including phenoxy) is 2. The molecule has 0 amide bonds. The topological polar surface area (TPSA) is 50.7 Å². The van der Waals surface area contributed by atoms with Gasteiger partial charge in [-0.25, -0.2) is 0 Å². The molecule has 2 rings (SSSR count). The van der Waals surface area contributed by atoms with Crippen LogP contribution in [0.25, 0.3) is 0 Å². The third-order valence-electron chi connectivity index (χ3n) is 3.74. The molecule has 112 valence electrons. The van der Waals surface area contributed by atoms with E-state index >= 15 is 0 Å². The summed E-state index contributed by atoms with van der Waals surface area (Å²) in [6.45, 7) is 5.60. The molecule has 2 N–H and O–H groups in total. The van der Waals surface area contributed by atoms with Gasteiger partial charge in [-0.05, 0) is 38.4 Å². The van der Waals surface area contributed by atoms with Crippen LogP contribution in [0.4, 0.5) is 0 Å². The van der Waals surface area contributed by atoms with E-state index in [9.17, 15) is 5.11 Å². The van der Waals surface area contributed by atoms with Crippen molar-refractivity contribution in [3.05, 3.63) is 23.3 Å². The fourth-order valence-corrected chi connectivity index (χ4v) is 2.51. The van der Waals surface area contributed by atoms with E-state index < -0.39 is 0 Å². The molecule has 20 heavy (non-hydrogen) atoms. The molecule has 2 unspecified atom stereocenters. The van der Waals surface area contributed by atoms with Gasteiger partial charge in [0.2, 0.25) is 0 Å². The molecule has 0 spiro atoms. The van der Waals surface area contributed by atoms with Gasteiger partial charge in [-0.3, -0.25) is 0 Å². The number of aliphatic hydroxyl groups excluding tert-OH is 1. The number of nitrogens with one attached hydrogen (secondary N) is 1. The summed E-state index contributed by atoms with van der Waals surface area (Å²) in [6, 6.07) is 4.15. The van der Waals surface area contributed by atoms with Gasteiger partial charge in [-0.2, -0.15) is 0 Å². The Balaban J connectivity index is 1.95. The van der Waals surface area contributed by atoms with E-state index in [4.69, 9.17) is 9.47 Å². The first-order valence-electron chi connectivity index (χ1n) is 7.39. The van der Waals surface area contributed by atoms with Crippen LogP contribution in [-0.2, 0) is 13.0 Å². The molecule has 1 aromatic carbocycles. The predicted molar refractivity (Wildman–Crippen MR) is 79.4 cm³/mol. The minimum absolute atomic E-state index is 0.214. The Labute approximate surface area is 121 Å². The van der Waals surface area contributed by atoms with E-state index in [0.717, 1.165) is 49.4 Å². The van der Waals surface area contributed by atoms with E-state index in [1.165, 1.54) is 5.56 Å². The fourth-order valence-electron chi connectivity index (χ4n) is 2.51. The Kier molecular flexibility index (Phi) is 5.26. The van der Waals surface area contributed by atoms with E-state index in [-0.39, 0.29) is 12.2 Å². The first kappa shape index (κ1) is 15.1. The number of hydrogen-bond acceptors (Lipinski definition) is 4. The van der Waals surface area contributed by atoms with Crippen LogP contribution < -0.4 is 14.8 Å². The third kappa shape index (κ3) is 3.64. The molecule has 0 saturated heterocycles. The van der Waals surface area contributed by atoms with Crippen LogP contribution in [0.3, 0.4) is 0 Å². The molecule has 0 bridgehead atoms. The summed E-state index contributed by atoms with van der Waals surface area (Å²) in [7, 11) is 1.70. The maximum Gasteiger partial charge on any atom is 0.123 e. The highest BCUT2D eigenvalue weighted by atomic mass is 16.5. The number of benzene rings is 1. The van der Waals surface area contributed by atoms with Crippen LogP contribution >= 0.6 is 0 Å². The highest BCUT2D eigenvalue weighted by molar-refractivity contribution is 5.48. The molecule has 1 heterocycles. The predicted octanol–water partition coefficient (Wildman–Crippen LogP) is 2.27. The quantitative estimate of drug-likeness (QED) is 0.752. The van der Waals surface area contributed by atoms with Gasteiger partial charge in [0.15, 0.2) is 0 Å². The molecule has 1 aliphatic heterocycles. The number of hydrogen-bond donors (Lipinski definition) is 2. The van der Waals surface area contributed by atoms with Gasteiger partial charge in [-0.1, -0.05) is 6.92 Å². The van der Waals surface area contributed by atoms with Crippen molar-refractivity contribution < 1.29 is 14.6 Å². The molecule has 2 atom stereocenters. The monoisotopic (exact) mass is 279 g/mol. The minimum Gasteiger partial charge on any atom is -0.496 e. The van der Waals surface area contributed by atoms with E-state index in [0.29, 0.717) is 0 Å². The van der Waals surface area contributed by atoms with Crippen LogP contribution in [0.15, 0.2) is 12.1 Å². The summed E-state index contributed by atoms with van der Waals surface area (Å²) in [4.78, 5) is 0. The van der Waals surface area contributed by atoms with Gasteiger partial charge in [0.25, 0.3) is 0 Å². The first-order chi connectivity index (χ1) is 9.63. The number of methoxy groups -OCH3 is 1. The summed E-state index contributed by atoms with van der Waals surface area (Å²) in [6.07, 6.45) is 2.56. The summed E-state index contributed by atoms with van der Waals surface area (Å²) in [5.74, 6) is 1.88. The zero-order valence-electron chi connectivity index (χ0n) is 12.6. The van der Waals surface area contributed by atoms with Crippen LogP contribution in [0, 0.1) is 0 Å². The molecular weight excluding hydrogens is 254 g/mol. The molecule has 0 saturated carbocycles. The highest BCUT2D eigenvalue weighted by Crippen LogP contribution is 2.34. The third-order valence-corrected chi connectivity index (χ3v) is 3.74. The average molecular weight is 279 g/mol. The van der Waals surface area contributed by atoms with Crippen molar-refractivity contribution in [2.75, 3.05) is 13.7 Å². The average Bonchev–Trinajstić information content (AvgIpc) is 2.81. The minimum atomic E-state index is -0.214. The zero-order chi connectivity index (χ0) is 14.5. The molecule has 1 aliphatic rings. The second kappa shape index (κ2) is 6.95. The highest BCUT2D eigenvalue weighted by Gasteiger charge is 2.21. The Hall–Kier alpha value is -1.26. The second-order valence-electron chi connectivity index (χ2n) is 5.43. The fraction of sp³-hybridized carbons (Fsp3) is 0.625. The molecule has 4 heteroatoms. The van der Waals surface area contributed by atoms with Gasteiger partial charge in [0, 0.05) is 24.1 Å². The Morgan fingerprint density at radius 3 is 3.00 bits per heavy atom. The molecule has 4 nitrogen and oxygen atoms in total. The van der Waals surface area contributed by atoms with Gasteiger partial charge in [0.1, 0.15) is 17.6 Å². The van der Waals surface area contributed by atoms with Gasteiger partial charge >= 0.3 is 0 Å². The van der Waals surface area contributed by atoms with E-state index in [1.54, 1.807) is 7.11 Å². The largest absolute Gasteiger partial charge is 0.496 e. The van der Waals surface area contributed by atoms with Crippen molar-refractivity contribution in [2.45, 2.75) is 51.9 Å². The maximum absolute atomic E-state index is 9.53. The van der Waals surface area contributed by atoms with Crippen LogP contribution in [0.1, 0.15) is 37.8 Å².